The maximum atomic E-state index is 11.8. The number of anilines is 1. The topological polar surface area (TPSA) is 61.4 Å². The van der Waals surface area contributed by atoms with E-state index in [-0.39, 0.29) is 0 Å². The standard InChI is InChI=1S/C17H26ClN3O2/c1-3-10-21(11-4-2)12-6-9-19-16(22)17(23)20-15-8-5-7-14(18)13-15/h5,7-8,13H,3-4,6,9-12H2,1-2H3,(H,19,22)(H,20,23). The Morgan fingerprint density at radius 2 is 1.78 bits per heavy atom. The average molecular weight is 340 g/mol. The molecule has 128 valence electrons. The van der Waals surface area contributed by atoms with Crippen molar-refractivity contribution in [3.05, 3.63) is 29.3 Å². The third kappa shape index (κ3) is 8.00. The van der Waals surface area contributed by atoms with Gasteiger partial charge in [0.25, 0.3) is 0 Å². The van der Waals surface area contributed by atoms with E-state index in [1.165, 1.54) is 0 Å². The second kappa shape index (κ2) is 11.0. The lowest BCUT2D eigenvalue weighted by molar-refractivity contribution is -0.136. The number of carbonyl (C=O) groups excluding carboxylic acids is 2. The Bertz CT molecular complexity index is 502. The Kier molecular flexibility index (Phi) is 9.33. The van der Waals surface area contributed by atoms with Gasteiger partial charge in [0.05, 0.1) is 0 Å². The summed E-state index contributed by atoms with van der Waals surface area (Å²) in [5, 5.41) is 5.68. The maximum Gasteiger partial charge on any atom is 0.313 e. The molecular formula is C17H26ClN3O2. The first kappa shape index (κ1) is 19.5. The summed E-state index contributed by atoms with van der Waals surface area (Å²) >= 11 is 5.83. The molecule has 0 aliphatic carbocycles. The molecule has 0 aliphatic rings. The van der Waals surface area contributed by atoms with Crippen LogP contribution in [-0.4, -0.2) is 42.9 Å². The van der Waals surface area contributed by atoms with Gasteiger partial charge in [-0.25, -0.2) is 0 Å². The van der Waals surface area contributed by atoms with Crippen molar-refractivity contribution in [3.63, 3.8) is 0 Å². The zero-order chi connectivity index (χ0) is 17.1. The first-order chi connectivity index (χ1) is 11.1. The second-order valence-electron chi connectivity index (χ2n) is 5.42. The molecule has 0 heterocycles. The molecule has 0 saturated heterocycles. The van der Waals surface area contributed by atoms with Gasteiger partial charge in [-0.15, -0.1) is 0 Å². The summed E-state index contributed by atoms with van der Waals surface area (Å²) in [7, 11) is 0. The molecule has 0 unspecified atom stereocenters. The average Bonchev–Trinajstić information content (AvgIpc) is 2.51. The van der Waals surface area contributed by atoms with Crippen LogP contribution in [0, 0.1) is 0 Å². The highest BCUT2D eigenvalue weighted by Gasteiger charge is 2.13. The molecule has 6 heteroatoms. The summed E-state index contributed by atoms with van der Waals surface area (Å²) in [5.74, 6) is -1.30. The molecule has 0 fully saturated rings. The molecule has 2 amide bonds. The van der Waals surface area contributed by atoms with Crippen LogP contribution in [0.3, 0.4) is 0 Å². The van der Waals surface area contributed by atoms with Crippen LogP contribution < -0.4 is 10.6 Å². The first-order valence-corrected chi connectivity index (χ1v) is 8.51. The third-order valence-electron chi connectivity index (χ3n) is 3.31. The number of nitrogens with zero attached hydrogens (tertiary/aromatic N) is 1. The van der Waals surface area contributed by atoms with Crippen molar-refractivity contribution in [1.29, 1.82) is 0 Å². The normalized spacial score (nSPS) is 10.6. The molecule has 2 N–H and O–H groups in total. The van der Waals surface area contributed by atoms with Gasteiger partial charge in [0, 0.05) is 17.3 Å². The number of carbonyl (C=O) groups is 2. The largest absolute Gasteiger partial charge is 0.348 e. The lowest BCUT2D eigenvalue weighted by Crippen LogP contribution is -2.37. The van der Waals surface area contributed by atoms with E-state index in [0.717, 1.165) is 38.9 Å². The van der Waals surface area contributed by atoms with Crippen LogP contribution in [0.15, 0.2) is 24.3 Å². The molecule has 0 bridgehead atoms. The predicted molar refractivity (Wildman–Crippen MR) is 94.7 cm³/mol. The molecule has 0 saturated carbocycles. The number of amides is 2. The minimum atomic E-state index is -0.675. The van der Waals surface area contributed by atoms with Crippen LogP contribution >= 0.6 is 11.6 Å². The number of rotatable bonds is 9. The van der Waals surface area contributed by atoms with Gasteiger partial charge >= 0.3 is 11.8 Å². The van der Waals surface area contributed by atoms with Crippen molar-refractivity contribution in [2.24, 2.45) is 0 Å². The smallest absolute Gasteiger partial charge is 0.313 e. The summed E-state index contributed by atoms with van der Waals surface area (Å²) in [6.45, 7) is 7.87. The lowest BCUT2D eigenvalue weighted by atomic mass is 10.3. The van der Waals surface area contributed by atoms with Gasteiger partial charge < -0.3 is 15.5 Å². The second-order valence-corrected chi connectivity index (χ2v) is 5.85. The Balaban J connectivity index is 2.28. The molecule has 0 atom stereocenters. The Hall–Kier alpha value is -1.59. The van der Waals surface area contributed by atoms with E-state index in [9.17, 15) is 9.59 Å². The highest BCUT2D eigenvalue weighted by atomic mass is 35.5. The molecule has 5 nitrogen and oxygen atoms in total. The molecule has 0 aromatic heterocycles. The van der Waals surface area contributed by atoms with E-state index in [2.05, 4.69) is 29.4 Å². The minimum Gasteiger partial charge on any atom is -0.348 e. The molecular weight excluding hydrogens is 314 g/mol. The molecule has 1 rings (SSSR count). The Morgan fingerprint density at radius 1 is 1.09 bits per heavy atom. The van der Waals surface area contributed by atoms with E-state index in [1.54, 1.807) is 24.3 Å². The van der Waals surface area contributed by atoms with Gasteiger partial charge in [0.2, 0.25) is 0 Å². The van der Waals surface area contributed by atoms with Crippen molar-refractivity contribution < 1.29 is 9.59 Å². The van der Waals surface area contributed by atoms with Crippen LogP contribution in [0.1, 0.15) is 33.1 Å². The number of benzene rings is 1. The van der Waals surface area contributed by atoms with Gasteiger partial charge in [0.15, 0.2) is 0 Å². The molecule has 0 aliphatic heterocycles. The van der Waals surface area contributed by atoms with Crippen molar-refractivity contribution in [3.8, 4) is 0 Å². The molecule has 1 aromatic carbocycles. The summed E-state index contributed by atoms with van der Waals surface area (Å²) in [6, 6.07) is 6.70. The van der Waals surface area contributed by atoms with Crippen LogP contribution in [0.5, 0.6) is 0 Å². The number of halogens is 1. The maximum absolute atomic E-state index is 11.8. The molecule has 0 radical (unpaired) electrons. The lowest BCUT2D eigenvalue weighted by Gasteiger charge is -2.20. The van der Waals surface area contributed by atoms with Gasteiger partial charge in [0.1, 0.15) is 0 Å². The predicted octanol–water partition coefficient (Wildman–Crippen LogP) is 2.91. The van der Waals surface area contributed by atoms with E-state index in [0.29, 0.717) is 17.3 Å². The van der Waals surface area contributed by atoms with Gasteiger partial charge in [-0.1, -0.05) is 31.5 Å². The quantitative estimate of drug-likeness (QED) is 0.537. The SMILES string of the molecule is CCCN(CCC)CCCNC(=O)C(=O)Nc1cccc(Cl)c1. The van der Waals surface area contributed by atoms with E-state index in [1.807, 2.05) is 0 Å². The number of hydrogen-bond acceptors (Lipinski definition) is 3. The summed E-state index contributed by atoms with van der Waals surface area (Å²) in [4.78, 5) is 25.9. The van der Waals surface area contributed by atoms with Crippen LogP contribution in [-0.2, 0) is 9.59 Å². The number of nitrogens with one attached hydrogen (secondary N) is 2. The van der Waals surface area contributed by atoms with Crippen molar-refractivity contribution in [2.75, 3.05) is 31.5 Å². The van der Waals surface area contributed by atoms with Crippen molar-refractivity contribution in [2.45, 2.75) is 33.1 Å². The van der Waals surface area contributed by atoms with Crippen LogP contribution in [0.2, 0.25) is 5.02 Å². The zero-order valence-corrected chi connectivity index (χ0v) is 14.7. The fourth-order valence-corrected chi connectivity index (χ4v) is 2.50. The van der Waals surface area contributed by atoms with Gasteiger partial charge in [-0.2, -0.15) is 0 Å². The summed E-state index contributed by atoms with van der Waals surface area (Å²) < 4.78 is 0. The fourth-order valence-electron chi connectivity index (χ4n) is 2.31. The minimum absolute atomic E-state index is 0.492. The molecule has 0 spiro atoms. The summed E-state index contributed by atoms with van der Waals surface area (Å²) in [6.07, 6.45) is 3.07. The van der Waals surface area contributed by atoms with Crippen molar-refractivity contribution in [1.82, 2.24) is 10.2 Å². The van der Waals surface area contributed by atoms with E-state index >= 15 is 0 Å². The monoisotopic (exact) mass is 339 g/mol. The number of hydrogen-bond donors (Lipinski definition) is 2. The first-order valence-electron chi connectivity index (χ1n) is 8.14. The van der Waals surface area contributed by atoms with Gasteiger partial charge in [-0.05, 0) is 57.1 Å². The molecule has 1 aromatic rings. The fraction of sp³-hybridized carbons (Fsp3) is 0.529. The van der Waals surface area contributed by atoms with Crippen LogP contribution in [0.4, 0.5) is 5.69 Å². The zero-order valence-electron chi connectivity index (χ0n) is 13.9. The Morgan fingerprint density at radius 3 is 2.39 bits per heavy atom. The van der Waals surface area contributed by atoms with Crippen molar-refractivity contribution >= 4 is 29.1 Å². The highest BCUT2D eigenvalue weighted by Crippen LogP contribution is 2.14. The van der Waals surface area contributed by atoms with E-state index in [4.69, 9.17) is 11.6 Å². The third-order valence-corrected chi connectivity index (χ3v) is 3.54. The summed E-state index contributed by atoms with van der Waals surface area (Å²) in [5.41, 5.74) is 0.509. The van der Waals surface area contributed by atoms with Gasteiger partial charge in [-0.3, -0.25) is 9.59 Å². The highest BCUT2D eigenvalue weighted by molar-refractivity contribution is 6.39. The van der Waals surface area contributed by atoms with Crippen LogP contribution in [0.25, 0.3) is 0 Å². The Labute approximate surface area is 143 Å². The molecule has 23 heavy (non-hydrogen) atoms. The van der Waals surface area contributed by atoms with E-state index < -0.39 is 11.8 Å².